The monoisotopic (exact) mass is 314 g/mol. The first-order valence-corrected chi connectivity index (χ1v) is 7.59. The summed E-state index contributed by atoms with van der Waals surface area (Å²) in [5, 5.41) is 34.9. The van der Waals surface area contributed by atoms with Gasteiger partial charge in [0.25, 0.3) is 0 Å². The molecule has 0 bridgehead atoms. The van der Waals surface area contributed by atoms with Crippen LogP contribution in [-0.4, -0.2) is 59.1 Å². The third kappa shape index (κ3) is 8.19. The fourth-order valence-electron chi connectivity index (χ4n) is 2.02. The fourth-order valence-corrected chi connectivity index (χ4v) is 2.02. The minimum Gasteiger partial charge on any atom is -0.491 e. The van der Waals surface area contributed by atoms with Crippen LogP contribution in [0.5, 0.6) is 11.5 Å². The summed E-state index contributed by atoms with van der Waals surface area (Å²) in [6.07, 6.45) is 2.83. The van der Waals surface area contributed by atoms with Gasteiger partial charge >= 0.3 is 0 Å². The number of hydrogen-bond acceptors (Lipinski definition) is 6. The van der Waals surface area contributed by atoms with Crippen molar-refractivity contribution in [1.82, 2.24) is 0 Å². The number of hydrogen-bond donors (Lipinski definition) is 4. The van der Waals surface area contributed by atoms with Crippen LogP contribution in [0.25, 0.3) is 0 Å². The van der Waals surface area contributed by atoms with Crippen LogP contribution in [0.2, 0.25) is 0 Å². The molecule has 1 aromatic carbocycles. The Morgan fingerprint density at radius 3 is 1.32 bits per heavy atom. The van der Waals surface area contributed by atoms with E-state index in [1.165, 1.54) is 0 Å². The second-order valence-corrected chi connectivity index (χ2v) is 5.08. The second-order valence-electron chi connectivity index (χ2n) is 5.08. The van der Waals surface area contributed by atoms with Gasteiger partial charge in [0.15, 0.2) is 0 Å². The highest BCUT2D eigenvalue weighted by Gasteiger charge is 2.15. The Morgan fingerprint density at radius 1 is 0.727 bits per heavy atom. The highest BCUT2D eigenvalue weighted by atomic mass is 16.5. The largest absolute Gasteiger partial charge is 0.491 e. The lowest BCUT2D eigenvalue weighted by molar-refractivity contribution is 0.0541. The smallest absolute Gasteiger partial charge is 0.119 e. The van der Waals surface area contributed by atoms with Gasteiger partial charge < -0.3 is 29.9 Å². The summed E-state index contributed by atoms with van der Waals surface area (Å²) in [5.74, 6) is 1.38. The molecule has 22 heavy (non-hydrogen) atoms. The Balaban J connectivity index is 0.000000255. The molecule has 0 saturated heterocycles. The highest BCUT2D eigenvalue weighted by molar-refractivity contribution is 5.31. The van der Waals surface area contributed by atoms with Crippen molar-refractivity contribution in [3.05, 3.63) is 24.3 Å². The van der Waals surface area contributed by atoms with Crippen molar-refractivity contribution in [2.45, 2.75) is 37.9 Å². The van der Waals surface area contributed by atoms with E-state index in [0.29, 0.717) is 11.5 Å². The van der Waals surface area contributed by atoms with Crippen LogP contribution in [0.15, 0.2) is 24.3 Å². The Labute approximate surface area is 130 Å². The SMILES string of the molecule is OC1CCC(O)CC1.OCCOc1ccc(OCCO)cc1. The molecule has 126 valence electrons. The Kier molecular flexibility index (Phi) is 9.57. The van der Waals surface area contributed by atoms with E-state index in [-0.39, 0.29) is 38.6 Å². The molecule has 0 aliphatic heterocycles. The summed E-state index contributed by atoms with van der Waals surface area (Å²) in [6.45, 7) is 0.583. The average molecular weight is 314 g/mol. The van der Waals surface area contributed by atoms with Crippen molar-refractivity contribution in [2.24, 2.45) is 0 Å². The molecule has 0 atom stereocenters. The molecule has 1 fully saturated rings. The molecule has 1 aliphatic rings. The van der Waals surface area contributed by atoms with Crippen LogP contribution in [0.4, 0.5) is 0 Å². The summed E-state index contributed by atoms with van der Waals surface area (Å²) >= 11 is 0. The van der Waals surface area contributed by atoms with Gasteiger partial charge in [0.2, 0.25) is 0 Å². The standard InChI is InChI=1S/C10H14O4.C6H12O2/c11-5-7-13-9-1-2-10(4-3-9)14-8-6-12;7-5-1-2-6(8)4-3-5/h1-4,11-12H,5-8H2;5-8H,1-4H2. The number of aliphatic hydroxyl groups is 4. The van der Waals surface area contributed by atoms with Crippen LogP contribution < -0.4 is 9.47 Å². The van der Waals surface area contributed by atoms with Gasteiger partial charge in [-0.15, -0.1) is 0 Å². The quantitative estimate of drug-likeness (QED) is 0.617. The maximum atomic E-state index is 8.92. The first-order chi connectivity index (χ1) is 10.7. The van der Waals surface area contributed by atoms with Crippen LogP contribution in [0, 0.1) is 0 Å². The number of rotatable bonds is 6. The van der Waals surface area contributed by atoms with Crippen LogP contribution in [0.3, 0.4) is 0 Å². The molecular weight excluding hydrogens is 288 g/mol. The molecule has 0 aromatic heterocycles. The summed E-state index contributed by atoms with van der Waals surface area (Å²) in [6, 6.07) is 7.01. The number of benzene rings is 1. The van der Waals surface area contributed by atoms with E-state index < -0.39 is 0 Å². The van der Waals surface area contributed by atoms with Crippen LogP contribution in [0.1, 0.15) is 25.7 Å². The topological polar surface area (TPSA) is 99.4 Å². The van der Waals surface area contributed by atoms with Gasteiger partial charge in [-0.25, -0.2) is 0 Å². The average Bonchev–Trinajstić information content (AvgIpc) is 2.55. The van der Waals surface area contributed by atoms with Gasteiger partial charge in [-0.2, -0.15) is 0 Å². The molecule has 1 aromatic rings. The second kappa shape index (κ2) is 11.3. The molecule has 2 rings (SSSR count). The van der Waals surface area contributed by atoms with Crippen molar-refractivity contribution in [3.63, 3.8) is 0 Å². The Hall–Kier alpha value is -1.34. The minimum absolute atomic E-state index is 0.00274. The van der Waals surface area contributed by atoms with Crippen molar-refractivity contribution >= 4 is 0 Å². The predicted molar refractivity (Wildman–Crippen MR) is 82.1 cm³/mol. The minimum atomic E-state index is -0.140. The summed E-state index contributed by atoms with van der Waals surface area (Å²) in [5.41, 5.74) is 0. The molecule has 1 saturated carbocycles. The van der Waals surface area contributed by atoms with Gasteiger partial charge in [-0.1, -0.05) is 0 Å². The molecule has 6 heteroatoms. The van der Waals surface area contributed by atoms with Gasteiger partial charge in [-0.3, -0.25) is 0 Å². The molecule has 0 amide bonds. The van der Waals surface area contributed by atoms with Gasteiger partial charge in [-0.05, 0) is 49.9 Å². The van der Waals surface area contributed by atoms with Gasteiger partial charge in [0.1, 0.15) is 24.7 Å². The molecular formula is C16H26O6. The van der Waals surface area contributed by atoms with Crippen molar-refractivity contribution < 1.29 is 29.9 Å². The first kappa shape index (κ1) is 18.7. The summed E-state index contributed by atoms with van der Waals surface area (Å²) in [7, 11) is 0. The zero-order chi connectivity index (χ0) is 16.2. The number of aliphatic hydroxyl groups excluding tert-OH is 4. The maximum Gasteiger partial charge on any atom is 0.119 e. The molecule has 4 N–H and O–H groups in total. The van der Waals surface area contributed by atoms with E-state index >= 15 is 0 Å². The van der Waals surface area contributed by atoms with E-state index in [2.05, 4.69) is 0 Å². The molecule has 0 unspecified atom stereocenters. The van der Waals surface area contributed by atoms with Gasteiger partial charge in [0, 0.05) is 0 Å². The molecule has 1 aliphatic carbocycles. The molecule has 0 spiro atoms. The van der Waals surface area contributed by atoms with E-state index in [0.717, 1.165) is 25.7 Å². The van der Waals surface area contributed by atoms with E-state index in [4.69, 9.17) is 29.9 Å². The van der Waals surface area contributed by atoms with E-state index in [9.17, 15) is 0 Å². The first-order valence-electron chi connectivity index (χ1n) is 7.59. The lowest BCUT2D eigenvalue weighted by Crippen LogP contribution is -2.21. The van der Waals surface area contributed by atoms with Gasteiger partial charge in [0.05, 0.1) is 25.4 Å². The molecule has 0 heterocycles. The zero-order valence-corrected chi connectivity index (χ0v) is 12.7. The Bertz CT molecular complexity index is 336. The van der Waals surface area contributed by atoms with Crippen molar-refractivity contribution in [1.29, 1.82) is 0 Å². The number of ether oxygens (including phenoxy) is 2. The third-order valence-corrected chi connectivity index (χ3v) is 3.21. The maximum absolute atomic E-state index is 8.92. The normalized spacial score (nSPS) is 20.7. The lowest BCUT2D eigenvalue weighted by atomic mass is 9.95. The van der Waals surface area contributed by atoms with Crippen molar-refractivity contribution in [3.8, 4) is 11.5 Å². The summed E-state index contributed by atoms with van der Waals surface area (Å²) in [4.78, 5) is 0. The molecule has 0 radical (unpaired) electrons. The predicted octanol–water partition coefficient (Wildman–Crippen LogP) is 0.711. The van der Waals surface area contributed by atoms with E-state index in [1.807, 2.05) is 0 Å². The van der Waals surface area contributed by atoms with Crippen LogP contribution in [-0.2, 0) is 0 Å². The summed E-state index contributed by atoms with van der Waals surface area (Å²) < 4.78 is 10.3. The third-order valence-electron chi connectivity index (χ3n) is 3.21. The highest BCUT2D eigenvalue weighted by Crippen LogP contribution is 2.18. The van der Waals surface area contributed by atoms with E-state index in [1.54, 1.807) is 24.3 Å². The Morgan fingerprint density at radius 2 is 1.05 bits per heavy atom. The molecule has 6 nitrogen and oxygen atoms in total. The zero-order valence-electron chi connectivity index (χ0n) is 12.7. The van der Waals surface area contributed by atoms with Crippen molar-refractivity contribution in [2.75, 3.05) is 26.4 Å². The fraction of sp³-hybridized carbons (Fsp3) is 0.625. The lowest BCUT2D eigenvalue weighted by Gasteiger charge is -2.20. The van der Waals surface area contributed by atoms with Crippen LogP contribution >= 0.6 is 0 Å².